The smallest absolute Gasteiger partial charge is 0.351 e. The molecule has 0 bridgehead atoms. The largest absolute Gasteiger partial charge is 0.383 e. The summed E-state index contributed by atoms with van der Waals surface area (Å²) in [7, 11) is -4.19. The van der Waals surface area contributed by atoms with Gasteiger partial charge in [-0.05, 0) is 6.07 Å². The molecule has 0 fully saturated rings. The molecule has 0 aliphatic heterocycles. The van der Waals surface area contributed by atoms with Crippen molar-refractivity contribution in [1.82, 2.24) is 9.55 Å². The average molecular weight is 265 g/mol. The van der Waals surface area contributed by atoms with Crippen LogP contribution in [0.2, 0.25) is 0 Å². The van der Waals surface area contributed by atoms with Crippen molar-refractivity contribution in [3.05, 3.63) is 22.7 Å². The highest BCUT2D eigenvalue weighted by Crippen LogP contribution is 2.33. The molecule has 17 heavy (non-hydrogen) atoms. The van der Waals surface area contributed by atoms with Crippen LogP contribution in [0, 0.1) is 0 Å². The van der Waals surface area contributed by atoms with E-state index in [9.17, 15) is 9.36 Å². The van der Waals surface area contributed by atoms with Crippen molar-refractivity contribution >= 4 is 13.4 Å². The van der Waals surface area contributed by atoms with Gasteiger partial charge in [0.15, 0.2) is 6.35 Å². The Hall–Kier alpha value is -1.25. The van der Waals surface area contributed by atoms with Crippen LogP contribution in [-0.2, 0) is 20.8 Å². The Balaban J connectivity index is 2.32. The minimum absolute atomic E-state index is 0.101. The van der Waals surface area contributed by atoms with Crippen molar-refractivity contribution in [2.75, 3.05) is 18.9 Å². The molecule has 0 amide bonds. The summed E-state index contributed by atoms with van der Waals surface area (Å²) in [6, 6.07) is 1.42. The lowest BCUT2D eigenvalue weighted by atomic mass is 10.6. The molecule has 0 radical (unpaired) electrons. The second-order valence-electron chi connectivity index (χ2n) is 3.05. The van der Waals surface area contributed by atoms with Gasteiger partial charge in [0.25, 0.3) is 0 Å². The van der Waals surface area contributed by atoms with E-state index in [2.05, 4.69) is 9.72 Å². The molecule has 1 aromatic heterocycles. The van der Waals surface area contributed by atoms with Crippen LogP contribution in [0.15, 0.2) is 17.1 Å². The lowest BCUT2D eigenvalue weighted by Crippen LogP contribution is -2.24. The first kappa shape index (κ1) is 13.8. The van der Waals surface area contributed by atoms with Gasteiger partial charge in [-0.2, -0.15) is 4.98 Å². The molecule has 96 valence electrons. The van der Waals surface area contributed by atoms with Gasteiger partial charge in [0.1, 0.15) is 19.3 Å². The molecule has 0 unspecified atom stereocenters. The summed E-state index contributed by atoms with van der Waals surface area (Å²) in [5.74, 6) is 0.101. The van der Waals surface area contributed by atoms with Crippen molar-refractivity contribution in [1.29, 1.82) is 0 Å². The highest BCUT2D eigenvalue weighted by Gasteiger charge is 2.12. The van der Waals surface area contributed by atoms with Crippen LogP contribution in [0.25, 0.3) is 0 Å². The SMILES string of the molecule is Nc1ccn(COCOCP(=O)(O)O)c(=O)n1. The second-order valence-corrected chi connectivity index (χ2v) is 4.64. The molecule has 1 heterocycles. The van der Waals surface area contributed by atoms with E-state index in [0.717, 1.165) is 4.57 Å². The minimum atomic E-state index is -4.19. The quantitative estimate of drug-likeness (QED) is 0.335. The molecule has 0 atom stereocenters. The van der Waals surface area contributed by atoms with Gasteiger partial charge in [-0.1, -0.05) is 0 Å². The van der Waals surface area contributed by atoms with E-state index in [1.54, 1.807) is 0 Å². The van der Waals surface area contributed by atoms with Gasteiger partial charge >= 0.3 is 13.3 Å². The first-order chi connectivity index (χ1) is 7.88. The molecule has 0 aliphatic carbocycles. The highest BCUT2D eigenvalue weighted by molar-refractivity contribution is 7.51. The second kappa shape index (κ2) is 5.89. The maximum atomic E-state index is 11.2. The number of nitrogens with zero attached hydrogens (tertiary/aromatic N) is 2. The van der Waals surface area contributed by atoms with Crippen LogP contribution >= 0.6 is 7.60 Å². The highest BCUT2D eigenvalue weighted by atomic mass is 31.2. The molecule has 1 aromatic rings. The van der Waals surface area contributed by atoms with Crippen LogP contribution in [-0.4, -0.2) is 32.5 Å². The van der Waals surface area contributed by atoms with Gasteiger partial charge in [0, 0.05) is 6.20 Å². The van der Waals surface area contributed by atoms with Crippen molar-refractivity contribution in [3.8, 4) is 0 Å². The topological polar surface area (TPSA) is 137 Å². The molecule has 0 saturated carbocycles. The molecule has 0 saturated heterocycles. The fourth-order valence-corrected chi connectivity index (χ4v) is 1.20. The Labute approximate surface area is 96.0 Å². The van der Waals surface area contributed by atoms with Gasteiger partial charge in [-0.15, -0.1) is 0 Å². The van der Waals surface area contributed by atoms with Crippen LogP contribution in [0.1, 0.15) is 0 Å². The maximum Gasteiger partial charge on any atom is 0.351 e. The summed E-state index contributed by atoms with van der Waals surface area (Å²) in [6.07, 6.45) is 0.648. The molecule has 0 spiro atoms. The summed E-state index contributed by atoms with van der Waals surface area (Å²) in [5, 5.41) is 0. The van der Waals surface area contributed by atoms with Crippen LogP contribution in [0.5, 0.6) is 0 Å². The number of rotatable bonds is 6. The summed E-state index contributed by atoms with van der Waals surface area (Å²) in [6.45, 7) is -0.491. The molecular formula is C7H12N3O6P. The average Bonchev–Trinajstić information content (AvgIpc) is 2.18. The molecule has 9 nitrogen and oxygen atoms in total. The lowest BCUT2D eigenvalue weighted by Gasteiger charge is -2.08. The lowest BCUT2D eigenvalue weighted by molar-refractivity contribution is -0.0697. The number of hydrogen-bond acceptors (Lipinski definition) is 6. The van der Waals surface area contributed by atoms with E-state index in [1.165, 1.54) is 12.3 Å². The van der Waals surface area contributed by atoms with E-state index >= 15 is 0 Å². The molecule has 0 aliphatic rings. The molecule has 1 rings (SSSR count). The Kier molecular flexibility index (Phi) is 4.79. The van der Waals surface area contributed by atoms with E-state index in [0.29, 0.717) is 0 Å². The van der Waals surface area contributed by atoms with Gasteiger partial charge in [0.2, 0.25) is 0 Å². The zero-order valence-electron chi connectivity index (χ0n) is 8.72. The van der Waals surface area contributed by atoms with Crippen molar-refractivity contribution in [2.24, 2.45) is 0 Å². The van der Waals surface area contributed by atoms with Crippen LogP contribution < -0.4 is 11.4 Å². The number of ether oxygens (including phenoxy) is 2. The molecule has 0 aromatic carbocycles. The fraction of sp³-hybridized carbons (Fsp3) is 0.429. The third kappa shape index (κ3) is 5.57. The Morgan fingerprint density at radius 2 is 2.18 bits per heavy atom. The molecular weight excluding hydrogens is 253 g/mol. The summed E-state index contributed by atoms with van der Waals surface area (Å²) >= 11 is 0. The van der Waals surface area contributed by atoms with Crippen LogP contribution in [0.4, 0.5) is 5.82 Å². The normalized spacial score (nSPS) is 11.6. The van der Waals surface area contributed by atoms with Crippen molar-refractivity contribution in [2.45, 2.75) is 6.73 Å². The Morgan fingerprint density at radius 3 is 2.76 bits per heavy atom. The third-order valence-electron chi connectivity index (χ3n) is 1.55. The first-order valence-corrected chi connectivity index (χ1v) is 6.21. The molecule has 10 heteroatoms. The standard InChI is InChI=1S/C7H12N3O6P/c8-6-1-2-10(7(11)9-6)3-15-4-16-5-17(12,13)14/h1-2H,3-5H2,(H2,8,9,11)(H2,12,13,14). The number of anilines is 1. The summed E-state index contributed by atoms with van der Waals surface area (Å²) in [4.78, 5) is 31.6. The summed E-state index contributed by atoms with van der Waals surface area (Å²) < 4.78 is 20.9. The fourth-order valence-electron chi connectivity index (χ4n) is 0.891. The van der Waals surface area contributed by atoms with E-state index in [-0.39, 0.29) is 19.3 Å². The number of aromatic nitrogens is 2. The van der Waals surface area contributed by atoms with E-state index in [1.807, 2.05) is 0 Å². The molecule has 4 N–H and O–H groups in total. The van der Waals surface area contributed by atoms with Gasteiger partial charge in [-0.3, -0.25) is 9.13 Å². The zero-order valence-corrected chi connectivity index (χ0v) is 9.62. The first-order valence-electron chi connectivity index (χ1n) is 4.41. The zero-order chi connectivity index (χ0) is 12.9. The third-order valence-corrected chi connectivity index (χ3v) is 2.07. The van der Waals surface area contributed by atoms with Gasteiger partial charge in [0.05, 0.1) is 0 Å². The predicted octanol–water partition coefficient (Wildman–Crippen LogP) is -1.09. The van der Waals surface area contributed by atoms with E-state index in [4.69, 9.17) is 20.3 Å². The van der Waals surface area contributed by atoms with Crippen molar-refractivity contribution < 1.29 is 23.8 Å². The number of hydrogen-bond donors (Lipinski definition) is 3. The summed E-state index contributed by atoms with van der Waals surface area (Å²) in [5.41, 5.74) is 4.69. The van der Waals surface area contributed by atoms with Crippen LogP contribution in [0.3, 0.4) is 0 Å². The monoisotopic (exact) mass is 265 g/mol. The predicted molar refractivity (Wildman–Crippen MR) is 56.9 cm³/mol. The Bertz CT molecular complexity index is 469. The van der Waals surface area contributed by atoms with Gasteiger partial charge in [-0.25, -0.2) is 4.79 Å². The van der Waals surface area contributed by atoms with Gasteiger partial charge < -0.3 is 25.0 Å². The maximum absolute atomic E-state index is 11.2. The van der Waals surface area contributed by atoms with E-state index < -0.39 is 19.6 Å². The van der Waals surface area contributed by atoms with Crippen molar-refractivity contribution in [3.63, 3.8) is 0 Å². The Morgan fingerprint density at radius 1 is 1.47 bits per heavy atom. The number of nitrogens with two attached hydrogens (primary N) is 1. The minimum Gasteiger partial charge on any atom is -0.383 e. The number of nitrogen functional groups attached to an aromatic ring is 1.